The Kier molecular flexibility index (Phi) is 7.73. The summed E-state index contributed by atoms with van der Waals surface area (Å²) in [5.41, 5.74) is 2.81. The second-order valence-corrected chi connectivity index (χ2v) is 12.6. The van der Waals surface area contributed by atoms with Gasteiger partial charge >= 0.3 is 7.60 Å². The van der Waals surface area contributed by atoms with Gasteiger partial charge in [-0.05, 0) is 48.5 Å². The van der Waals surface area contributed by atoms with Gasteiger partial charge in [0.1, 0.15) is 10.9 Å². The molecule has 0 bridgehead atoms. The van der Waals surface area contributed by atoms with Crippen molar-refractivity contribution in [2.45, 2.75) is 71.4 Å². The normalized spacial score (nSPS) is 13.8. The minimum absolute atomic E-state index is 0.0695. The molecule has 0 spiro atoms. The number of benzene rings is 1. The van der Waals surface area contributed by atoms with E-state index in [1.54, 1.807) is 27.0 Å². The van der Waals surface area contributed by atoms with Crippen LogP contribution in [0.2, 0.25) is 0 Å². The number of hydrogen-bond donors (Lipinski definition) is 0. The number of rotatable bonds is 7. The van der Waals surface area contributed by atoms with E-state index in [-0.39, 0.29) is 16.6 Å². The minimum atomic E-state index is -3.58. The monoisotopic (exact) mass is 424 g/mol. The highest BCUT2D eigenvalue weighted by Gasteiger charge is 2.47. The average molecular weight is 425 g/mol. The molecule has 0 saturated heterocycles. The van der Waals surface area contributed by atoms with Crippen LogP contribution >= 0.6 is 7.60 Å². The van der Waals surface area contributed by atoms with E-state index in [9.17, 15) is 9.36 Å². The first-order valence-electron chi connectivity index (χ1n) is 9.72. The Labute approximate surface area is 176 Å². The minimum Gasteiger partial charge on any atom is -0.496 e. The zero-order valence-electron chi connectivity index (χ0n) is 19.8. The first-order valence-corrected chi connectivity index (χ1v) is 11.3. The highest BCUT2D eigenvalue weighted by atomic mass is 31.2. The Morgan fingerprint density at radius 3 is 1.79 bits per heavy atom. The predicted octanol–water partition coefficient (Wildman–Crippen LogP) is 6.14. The molecule has 6 heteroatoms. The topological polar surface area (TPSA) is 61.8 Å². The van der Waals surface area contributed by atoms with Crippen LogP contribution in [0.5, 0.6) is 5.75 Å². The molecule has 0 aromatic heterocycles. The third-order valence-electron chi connectivity index (χ3n) is 5.18. The van der Waals surface area contributed by atoms with Crippen molar-refractivity contribution in [2.24, 2.45) is 0 Å². The Bertz CT molecular complexity index is 815. The predicted molar refractivity (Wildman–Crippen MR) is 120 cm³/mol. The van der Waals surface area contributed by atoms with Crippen LogP contribution in [0.1, 0.15) is 72.1 Å². The van der Waals surface area contributed by atoms with Crippen molar-refractivity contribution in [1.82, 2.24) is 0 Å². The molecule has 0 unspecified atom stereocenters. The highest BCUT2D eigenvalue weighted by molar-refractivity contribution is 7.56. The lowest BCUT2D eigenvalue weighted by Crippen LogP contribution is -2.31. The molecule has 0 aliphatic rings. The van der Waals surface area contributed by atoms with Gasteiger partial charge in [-0.15, -0.1) is 0 Å². The summed E-state index contributed by atoms with van der Waals surface area (Å²) in [6.45, 7) is 16.0. The number of ketones is 1. The smallest absolute Gasteiger partial charge is 0.343 e. The largest absolute Gasteiger partial charge is 0.496 e. The number of carbonyl (C=O) groups is 1. The highest BCUT2D eigenvalue weighted by Crippen LogP contribution is 2.59. The van der Waals surface area contributed by atoms with Gasteiger partial charge in [0, 0.05) is 25.3 Å². The standard InChI is InChI=1S/C23H37O5P/c1-21(2,3)17-14-16(20(26-9)18(15-17)22(4,5)6)12-13-19(24)23(7,8)29(25,27-10)28-11/h12-15H,1-11H3/b13-12+. The van der Waals surface area contributed by atoms with Gasteiger partial charge in [-0.3, -0.25) is 9.36 Å². The van der Waals surface area contributed by atoms with E-state index in [2.05, 4.69) is 47.6 Å². The summed E-state index contributed by atoms with van der Waals surface area (Å²) in [5, 5.41) is -1.31. The molecule has 0 radical (unpaired) electrons. The van der Waals surface area contributed by atoms with Gasteiger partial charge < -0.3 is 13.8 Å². The van der Waals surface area contributed by atoms with Gasteiger partial charge in [-0.2, -0.15) is 0 Å². The SMILES string of the molecule is COc1c(/C=C/C(=O)C(C)(C)P(=O)(OC)OC)cc(C(C)(C)C)cc1C(C)(C)C. The molecule has 29 heavy (non-hydrogen) atoms. The van der Waals surface area contributed by atoms with Crippen molar-refractivity contribution < 1.29 is 23.1 Å². The first kappa shape index (κ1) is 25.6. The lowest BCUT2D eigenvalue weighted by Gasteiger charge is -2.29. The maximum absolute atomic E-state index is 12.9. The van der Waals surface area contributed by atoms with Gasteiger partial charge in [0.2, 0.25) is 0 Å². The van der Waals surface area contributed by atoms with E-state index in [0.29, 0.717) is 0 Å². The van der Waals surface area contributed by atoms with Crippen LogP contribution in [0.4, 0.5) is 0 Å². The van der Waals surface area contributed by atoms with Crippen molar-refractivity contribution in [1.29, 1.82) is 0 Å². The van der Waals surface area contributed by atoms with E-state index in [1.165, 1.54) is 20.3 Å². The summed E-state index contributed by atoms with van der Waals surface area (Å²) in [5.74, 6) is 0.388. The van der Waals surface area contributed by atoms with E-state index in [1.807, 2.05) is 6.07 Å². The van der Waals surface area contributed by atoms with Crippen LogP contribution in [0.15, 0.2) is 18.2 Å². The Morgan fingerprint density at radius 2 is 1.41 bits per heavy atom. The lowest BCUT2D eigenvalue weighted by atomic mass is 9.79. The third kappa shape index (κ3) is 5.39. The number of allylic oxidation sites excluding steroid dienone is 1. The molecule has 0 heterocycles. The first-order chi connectivity index (χ1) is 13.0. The van der Waals surface area contributed by atoms with Crippen LogP contribution in [0.3, 0.4) is 0 Å². The van der Waals surface area contributed by atoms with Crippen LogP contribution < -0.4 is 4.74 Å². The molecule has 0 aliphatic carbocycles. The van der Waals surface area contributed by atoms with Crippen LogP contribution in [0.25, 0.3) is 6.08 Å². The van der Waals surface area contributed by atoms with Gasteiger partial charge in [0.25, 0.3) is 0 Å². The summed E-state index contributed by atoms with van der Waals surface area (Å²) < 4.78 is 28.6. The summed E-state index contributed by atoms with van der Waals surface area (Å²) in [6.07, 6.45) is 3.16. The number of carbonyl (C=O) groups excluding carboxylic acids is 1. The molecule has 0 amide bonds. The molecule has 0 N–H and O–H groups in total. The van der Waals surface area contributed by atoms with Crippen LogP contribution in [0, 0.1) is 0 Å². The van der Waals surface area contributed by atoms with Crippen LogP contribution in [-0.4, -0.2) is 32.3 Å². The summed E-state index contributed by atoms with van der Waals surface area (Å²) in [6, 6.07) is 4.21. The van der Waals surface area contributed by atoms with Gasteiger partial charge in [-0.1, -0.05) is 47.6 Å². The fourth-order valence-corrected chi connectivity index (χ4v) is 4.43. The van der Waals surface area contributed by atoms with Crippen molar-refractivity contribution >= 4 is 19.5 Å². The maximum Gasteiger partial charge on any atom is 0.343 e. The Hall–Kier alpha value is -1.42. The van der Waals surface area contributed by atoms with E-state index < -0.39 is 12.8 Å². The van der Waals surface area contributed by atoms with Crippen molar-refractivity contribution in [2.75, 3.05) is 21.3 Å². The summed E-state index contributed by atoms with van der Waals surface area (Å²) in [7, 11) is 0.621. The maximum atomic E-state index is 12.9. The molecule has 0 aliphatic heterocycles. The van der Waals surface area contributed by atoms with Crippen molar-refractivity contribution in [3.63, 3.8) is 0 Å². The molecule has 164 valence electrons. The van der Waals surface area contributed by atoms with Crippen molar-refractivity contribution in [3.8, 4) is 5.75 Å². The fraction of sp³-hybridized carbons (Fsp3) is 0.609. The Morgan fingerprint density at radius 1 is 0.897 bits per heavy atom. The lowest BCUT2D eigenvalue weighted by molar-refractivity contribution is -0.116. The van der Waals surface area contributed by atoms with Gasteiger partial charge in [0.05, 0.1) is 7.11 Å². The van der Waals surface area contributed by atoms with E-state index in [4.69, 9.17) is 13.8 Å². The second kappa shape index (κ2) is 8.75. The molecule has 0 fully saturated rings. The molecular formula is C23H37O5P. The molecule has 1 rings (SSSR count). The van der Waals surface area contributed by atoms with E-state index >= 15 is 0 Å². The van der Waals surface area contributed by atoms with Gasteiger partial charge in [0.15, 0.2) is 5.78 Å². The molecule has 0 atom stereocenters. The molecule has 5 nitrogen and oxygen atoms in total. The molecule has 0 saturated carbocycles. The number of ether oxygens (including phenoxy) is 1. The summed E-state index contributed by atoms with van der Waals surface area (Å²) >= 11 is 0. The second-order valence-electron chi connectivity index (χ2n) is 9.77. The summed E-state index contributed by atoms with van der Waals surface area (Å²) in [4.78, 5) is 12.9. The zero-order valence-corrected chi connectivity index (χ0v) is 20.7. The van der Waals surface area contributed by atoms with Gasteiger partial charge in [-0.25, -0.2) is 0 Å². The fourth-order valence-electron chi connectivity index (χ4n) is 3.03. The van der Waals surface area contributed by atoms with Crippen molar-refractivity contribution in [3.05, 3.63) is 34.9 Å². The molecular weight excluding hydrogens is 387 g/mol. The molecule has 1 aromatic carbocycles. The van der Waals surface area contributed by atoms with Crippen LogP contribution in [-0.2, 0) is 29.2 Å². The number of methoxy groups -OCH3 is 1. The quantitative estimate of drug-likeness (QED) is 0.389. The molecule has 1 aromatic rings. The average Bonchev–Trinajstić information content (AvgIpc) is 2.62. The van der Waals surface area contributed by atoms with E-state index in [0.717, 1.165) is 22.4 Å². The number of hydrogen-bond acceptors (Lipinski definition) is 5. The Balaban J connectivity index is 3.58. The zero-order chi connectivity index (χ0) is 22.8. The third-order valence-corrected chi connectivity index (χ3v) is 7.73.